The summed E-state index contributed by atoms with van der Waals surface area (Å²) >= 11 is 6.10. The normalized spacial score (nSPS) is 18.3. The Bertz CT molecular complexity index is 1020. The zero-order valence-corrected chi connectivity index (χ0v) is 20.8. The van der Waals surface area contributed by atoms with Crippen molar-refractivity contribution in [1.82, 2.24) is 35.0 Å². The summed E-state index contributed by atoms with van der Waals surface area (Å²) < 4.78 is 10.3. The number of benzene rings is 1. The van der Waals surface area contributed by atoms with Gasteiger partial charge in [0.05, 0.1) is 14.1 Å². The van der Waals surface area contributed by atoms with Crippen LogP contribution in [0.2, 0.25) is 5.02 Å². The Labute approximate surface area is 200 Å². The monoisotopic (exact) mass is 473 g/mol. The molecule has 0 unspecified atom stereocenters. The molecule has 9 nitrogen and oxygen atoms in total. The van der Waals surface area contributed by atoms with Gasteiger partial charge in [0, 0.05) is 17.9 Å². The van der Waals surface area contributed by atoms with Crippen LogP contribution in [0.15, 0.2) is 36.9 Å². The zero-order chi connectivity index (χ0) is 23.6. The SMILES string of the molecule is C[NH+](C)C1(c2nnnn2[C@H]([C@H](Oc2ccc(Cl)cc2)n2cncn2)C(C)(C)C)CCCCC1. The van der Waals surface area contributed by atoms with E-state index in [0.29, 0.717) is 10.8 Å². The predicted octanol–water partition coefficient (Wildman–Crippen LogP) is 3.09. The Morgan fingerprint density at radius 1 is 1.09 bits per heavy atom. The number of nitrogens with zero attached hydrogens (tertiary/aromatic N) is 7. The Kier molecular flexibility index (Phi) is 6.72. The lowest BCUT2D eigenvalue weighted by Crippen LogP contribution is -3.14. The molecule has 178 valence electrons. The molecule has 4 rings (SSSR count). The van der Waals surface area contributed by atoms with Crippen LogP contribution in [-0.2, 0) is 5.54 Å². The highest BCUT2D eigenvalue weighted by molar-refractivity contribution is 6.30. The van der Waals surface area contributed by atoms with Crippen molar-refractivity contribution in [3.8, 4) is 5.75 Å². The van der Waals surface area contributed by atoms with E-state index in [9.17, 15) is 0 Å². The summed E-state index contributed by atoms with van der Waals surface area (Å²) in [6.07, 6.45) is 8.38. The van der Waals surface area contributed by atoms with Crippen LogP contribution in [0.1, 0.15) is 71.0 Å². The number of aromatic nitrogens is 7. The molecular weight excluding hydrogens is 440 g/mol. The molecule has 0 bridgehead atoms. The molecule has 0 amide bonds. The van der Waals surface area contributed by atoms with Gasteiger partial charge in [-0.3, -0.25) is 0 Å². The van der Waals surface area contributed by atoms with E-state index in [1.165, 1.54) is 30.5 Å². The smallest absolute Gasteiger partial charge is 0.215 e. The van der Waals surface area contributed by atoms with Gasteiger partial charge in [-0.1, -0.05) is 38.8 Å². The second kappa shape index (κ2) is 9.38. The van der Waals surface area contributed by atoms with Crippen LogP contribution in [-0.4, -0.2) is 49.1 Å². The summed E-state index contributed by atoms with van der Waals surface area (Å²) in [4.78, 5) is 5.53. The van der Waals surface area contributed by atoms with E-state index in [1.54, 1.807) is 11.0 Å². The fourth-order valence-corrected chi connectivity index (χ4v) is 5.10. The molecule has 1 aromatic carbocycles. The number of rotatable bonds is 7. The van der Waals surface area contributed by atoms with E-state index in [0.717, 1.165) is 18.7 Å². The largest absolute Gasteiger partial charge is 0.466 e. The highest BCUT2D eigenvalue weighted by Gasteiger charge is 2.49. The molecule has 0 aliphatic heterocycles. The van der Waals surface area contributed by atoms with Gasteiger partial charge in [0.2, 0.25) is 12.1 Å². The Morgan fingerprint density at radius 2 is 1.79 bits per heavy atom. The first-order valence-electron chi connectivity index (χ1n) is 11.6. The lowest BCUT2D eigenvalue weighted by Gasteiger charge is -2.42. The van der Waals surface area contributed by atoms with Crippen LogP contribution >= 0.6 is 11.6 Å². The molecule has 0 radical (unpaired) electrons. The van der Waals surface area contributed by atoms with Gasteiger partial charge in [0.1, 0.15) is 24.4 Å². The number of tetrazole rings is 1. The van der Waals surface area contributed by atoms with Gasteiger partial charge in [-0.25, -0.2) is 14.3 Å². The highest BCUT2D eigenvalue weighted by Crippen LogP contribution is 2.43. The maximum atomic E-state index is 6.54. The van der Waals surface area contributed by atoms with Gasteiger partial charge in [-0.05, 0) is 52.9 Å². The number of ether oxygens (including phenoxy) is 1. The van der Waals surface area contributed by atoms with Gasteiger partial charge >= 0.3 is 0 Å². The Balaban J connectivity index is 1.83. The summed E-state index contributed by atoms with van der Waals surface area (Å²) in [6.45, 7) is 6.52. The molecule has 0 spiro atoms. The quantitative estimate of drug-likeness (QED) is 0.567. The third kappa shape index (κ3) is 4.75. The van der Waals surface area contributed by atoms with E-state index < -0.39 is 6.23 Å². The zero-order valence-electron chi connectivity index (χ0n) is 20.1. The summed E-state index contributed by atoms with van der Waals surface area (Å²) in [5.41, 5.74) is -0.400. The summed E-state index contributed by atoms with van der Waals surface area (Å²) in [5, 5.41) is 18.4. The fourth-order valence-electron chi connectivity index (χ4n) is 4.98. The second-order valence-corrected chi connectivity index (χ2v) is 10.7. The van der Waals surface area contributed by atoms with E-state index in [1.807, 2.05) is 28.9 Å². The second-order valence-electron chi connectivity index (χ2n) is 10.2. The van der Waals surface area contributed by atoms with Crippen LogP contribution in [0.25, 0.3) is 0 Å². The third-order valence-corrected chi connectivity index (χ3v) is 7.03. The average Bonchev–Trinajstić information content (AvgIpc) is 3.47. The lowest BCUT2D eigenvalue weighted by atomic mass is 9.79. The van der Waals surface area contributed by atoms with Crippen LogP contribution in [0.4, 0.5) is 0 Å². The first kappa shape index (κ1) is 23.6. The van der Waals surface area contributed by atoms with Crippen molar-refractivity contribution < 1.29 is 9.64 Å². The summed E-state index contributed by atoms with van der Waals surface area (Å²) in [5.74, 6) is 1.60. The molecule has 1 N–H and O–H groups in total. The van der Waals surface area contributed by atoms with E-state index >= 15 is 0 Å². The molecular formula is C23H34ClN8O+. The third-order valence-electron chi connectivity index (χ3n) is 6.77. The molecule has 1 fully saturated rings. The molecule has 1 saturated carbocycles. The predicted molar refractivity (Wildman–Crippen MR) is 125 cm³/mol. The maximum absolute atomic E-state index is 6.54. The van der Waals surface area contributed by atoms with Crippen molar-refractivity contribution in [3.63, 3.8) is 0 Å². The van der Waals surface area contributed by atoms with E-state index in [-0.39, 0.29) is 17.0 Å². The number of quaternary nitrogens is 1. The summed E-state index contributed by atoms with van der Waals surface area (Å²) in [6, 6.07) is 7.10. The van der Waals surface area contributed by atoms with Crippen molar-refractivity contribution >= 4 is 11.6 Å². The minimum absolute atomic E-state index is 0.140. The molecule has 0 saturated heterocycles. The van der Waals surface area contributed by atoms with Gasteiger partial charge in [-0.15, -0.1) is 5.10 Å². The van der Waals surface area contributed by atoms with Crippen molar-refractivity contribution in [2.24, 2.45) is 5.41 Å². The number of nitrogens with one attached hydrogen (secondary N) is 1. The van der Waals surface area contributed by atoms with E-state index in [2.05, 4.69) is 60.5 Å². The maximum Gasteiger partial charge on any atom is 0.215 e. The minimum atomic E-state index is -0.520. The van der Waals surface area contributed by atoms with Gasteiger partial charge in [-0.2, -0.15) is 5.10 Å². The number of halogens is 1. The molecule has 1 aliphatic carbocycles. The number of hydrogen-bond donors (Lipinski definition) is 1. The van der Waals surface area contributed by atoms with Crippen LogP contribution in [0.3, 0.4) is 0 Å². The first-order chi connectivity index (χ1) is 15.7. The number of hydrogen-bond acceptors (Lipinski definition) is 6. The lowest BCUT2D eigenvalue weighted by molar-refractivity contribution is -0.927. The van der Waals surface area contributed by atoms with Gasteiger partial charge < -0.3 is 9.64 Å². The molecule has 2 atom stereocenters. The molecule has 3 aromatic rings. The standard InChI is InChI=1S/C23H33ClN8O/c1-22(2,3)19(20(31-16-25-15-26-31)33-18-11-9-17(24)10-12-18)32-21(27-28-29-32)23(30(4)5)13-7-6-8-14-23/h9-12,15-16,19-20H,6-8,13-14H2,1-5H3/p+1/t19-,20+/m1/s1. The molecule has 10 heteroatoms. The van der Waals surface area contributed by atoms with Crippen molar-refractivity contribution in [2.45, 2.75) is 70.7 Å². The minimum Gasteiger partial charge on any atom is -0.466 e. The van der Waals surface area contributed by atoms with Crippen LogP contribution in [0.5, 0.6) is 5.75 Å². The van der Waals surface area contributed by atoms with Gasteiger partial charge in [0.15, 0.2) is 5.54 Å². The molecule has 2 heterocycles. The van der Waals surface area contributed by atoms with E-state index in [4.69, 9.17) is 16.3 Å². The summed E-state index contributed by atoms with van der Waals surface area (Å²) in [7, 11) is 4.41. The highest BCUT2D eigenvalue weighted by atomic mass is 35.5. The topological polar surface area (TPSA) is 88.0 Å². The van der Waals surface area contributed by atoms with Crippen molar-refractivity contribution in [3.05, 3.63) is 47.8 Å². The Hall–Kier alpha value is -2.52. The first-order valence-corrected chi connectivity index (χ1v) is 12.0. The fraction of sp³-hybridized carbons (Fsp3) is 0.609. The van der Waals surface area contributed by atoms with Crippen LogP contribution in [0, 0.1) is 5.41 Å². The van der Waals surface area contributed by atoms with Crippen molar-refractivity contribution in [1.29, 1.82) is 0 Å². The van der Waals surface area contributed by atoms with Crippen LogP contribution < -0.4 is 9.64 Å². The molecule has 2 aromatic heterocycles. The molecule has 33 heavy (non-hydrogen) atoms. The average molecular weight is 474 g/mol. The Morgan fingerprint density at radius 3 is 2.36 bits per heavy atom. The molecule has 1 aliphatic rings. The van der Waals surface area contributed by atoms with Gasteiger partial charge in [0.25, 0.3) is 0 Å². The van der Waals surface area contributed by atoms with Crippen molar-refractivity contribution in [2.75, 3.05) is 14.1 Å².